The van der Waals surface area contributed by atoms with Crippen LogP contribution < -0.4 is 5.32 Å². The lowest BCUT2D eigenvalue weighted by molar-refractivity contribution is 0.382. The molecule has 1 aromatic rings. The molecule has 1 N–H and O–H groups in total. The first-order valence-corrected chi connectivity index (χ1v) is 4.33. The molecule has 0 spiro atoms. The molecule has 0 bridgehead atoms. The molecule has 1 aliphatic rings. The van der Waals surface area contributed by atoms with Crippen molar-refractivity contribution in [2.24, 2.45) is 0 Å². The zero-order valence-electron chi connectivity index (χ0n) is 6.48. The Morgan fingerprint density at radius 1 is 1.50 bits per heavy atom. The van der Waals surface area contributed by atoms with Crippen LogP contribution in [0.3, 0.4) is 0 Å². The Kier molecular flexibility index (Phi) is 2.03. The van der Waals surface area contributed by atoms with Crippen LogP contribution in [0.4, 0.5) is 4.39 Å². The number of rotatable bonds is 1. The Morgan fingerprint density at radius 3 is 2.83 bits per heavy atom. The van der Waals surface area contributed by atoms with E-state index >= 15 is 0 Å². The molecule has 0 amide bonds. The van der Waals surface area contributed by atoms with Crippen LogP contribution >= 0.6 is 11.6 Å². The maximum atomic E-state index is 12.8. The molecule has 1 fully saturated rings. The first kappa shape index (κ1) is 8.02. The number of benzene rings is 1. The van der Waals surface area contributed by atoms with E-state index in [-0.39, 0.29) is 11.9 Å². The number of halogens is 2. The van der Waals surface area contributed by atoms with Crippen molar-refractivity contribution in [3.05, 3.63) is 34.6 Å². The van der Waals surface area contributed by atoms with Crippen molar-refractivity contribution in [3.8, 4) is 0 Å². The van der Waals surface area contributed by atoms with E-state index in [2.05, 4.69) is 5.32 Å². The normalized spacial score (nSPS) is 22.0. The first-order chi connectivity index (χ1) is 5.77. The predicted molar refractivity (Wildman–Crippen MR) is 46.8 cm³/mol. The number of hydrogen-bond acceptors (Lipinski definition) is 1. The largest absolute Gasteiger partial charge is 0.310 e. The summed E-state index contributed by atoms with van der Waals surface area (Å²) in [5.41, 5.74) is 0.878. The van der Waals surface area contributed by atoms with Gasteiger partial charge in [-0.05, 0) is 36.7 Å². The van der Waals surface area contributed by atoms with E-state index in [9.17, 15) is 4.39 Å². The highest BCUT2D eigenvalue weighted by atomic mass is 35.5. The Morgan fingerprint density at radius 2 is 2.25 bits per heavy atom. The molecule has 1 saturated heterocycles. The molecule has 1 aliphatic heterocycles. The number of hydrogen-bond donors (Lipinski definition) is 1. The van der Waals surface area contributed by atoms with Gasteiger partial charge in [0.15, 0.2) is 0 Å². The van der Waals surface area contributed by atoms with Crippen molar-refractivity contribution in [1.29, 1.82) is 0 Å². The van der Waals surface area contributed by atoms with Gasteiger partial charge >= 0.3 is 0 Å². The smallest absolute Gasteiger partial charge is 0.123 e. The molecule has 0 aliphatic carbocycles. The van der Waals surface area contributed by atoms with Crippen LogP contribution in [0.2, 0.25) is 5.02 Å². The second-order valence-electron chi connectivity index (χ2n) is 2.96. The molecule has 0 saturated carbocycles. The fourth-order valence-corrected chi connectivity index (χ4v) is 1.59. The van der Waals surface area contributed by atoms with E-state index in [1.54, 1.807) is 6.07 Å². The third-order valence-corrected chi connectivity index (χ3v) is 2.50. The Hall–Kier alpha value is -0.600. The average Bonchev–Trinajstić information content (AvgIpc) is 1.93. The quantitative estimate of drug-likeness (QED) is 0.709. The lowest BCUT2D eigenvalue weighted by Gasteiger charge is -2.28. The minimum absolute atomic E-state index is 0.219. The third kappa shape index (κ3) is 1.32. The fraction of sp³-hybridized carbons (Fsp3) is 0.333. The van der Waals surface area contributed by atoms with Gasteiger partial charge in [0.1, 0.15) is 5.82 Å². The number of nitrogens with one attached hydrogen (secondary N) is 1. The summed E-state index contributed by atoms with van der Waals surface area (Å²) in [7, 11) is 0. The van der Waals surface area contributed by atoms with Gasteiger partial charge < -0.3 is 5.32 Å². The van der Waals surface area contributed by atoms with Crippen molar-refractivity contribution in [2.75, 3.05) is 6.54 Å². The SMILES string of the molecule is Fc1ccc(Cl)c([C@@H]2CCN2)c1. The highest BCUT2D eigenvalue weighted by Crippen LogP contribution is 2.29. The van der Waals surface area contributed by atoms with Crippen molar-refractivity contribution in [3.63, 3.8) is 0 Å². The third-order valence-electron chi connectivity index (χ3n) is 2.16. The van der Waals surface area contributed by atoms with Crippen molar-refractivity contribution in [2.45, 2.75) is 12.5 Å². The molecule has 2 rings (SSSR count). The monoisotopic (exact) mass is 185 g/mol. The molecule has 3 heteroatoms. The molecular formula is C9H9ClFN. The average molecular weight is 186 g/mol. The van der Waals surface area contributed by atoms with Crippen LogP contribution in [0.15, 0.2) is 18.2 Å². The summed E-state index contributed by atoms with van der Waals surface area (Å²) in [6.45, 7) is 0.998. The van der Waals surface area contributed by atoms with Crippen LogP contribution in [0.5, 0.6) is 0 Å². The predicted octanol–water partition coefficient (Wildman–Crippen LogP) is 2.51. The van der Waals surface area contributed by atoms with Gasteiger partial charge in [0, 0.05) is 11.1 Å². The van der Waals surface area contributed by atoms with Gasteiger partial charge in [0.2, 0.25) is 0 Å². The van der Waals surface area contributed by atoms with E-state index in [1.807, 2.05) is 0 Å². The first-order valence-electron chi connectivity index (χ1n) is 3.96. The maximum absolute atomic E-state index is 12.8. The van der Waals surface area contributed by atoms with Gasteiger partial charge in [0.05, 0.1) is 0 Å². The van der Waals surface area contributed by atoms with E-state index in [0.29, 0.717) is 5.02 Å². The van der Waals surface area contributed by atoms with Gasteiger partial charge in [-0.2, -0.15) is 0 Å². The molecule has 1 heterocycles. The summed E-state index contributed by atoms with van der Waals surface area (Å²) in [6, 6.07) is 4.74. The van der Waals surface area contributed by atoms with Gasteiger partial charge in [-0.1, -0.05) is 11.6 Å². The zero-order chi connectivity index (χ0) is 8.55. The van der Waals surface area contributed by atoms with Crippen LogP contribution in [-0.2, 0) is 0 Å². The standard InChI is InChI=1S/C9H9ClFN/c10-8-2-1-6(11)5-7(8)9-3-4-12-9/h1-2,5,9,12H,3-4H2/t9-/m0/s1. The van der Waals surface area contributed by atoms with Gasteiger partial charge in [-0.25, -0.2) is 4.39 Å². The highest BCUT2D eigenvalue weighted by Gasteiger charge is 2.20. The highest BCUT2D eigenvalue weighted by molar-refractivity contribution is 6.31. The van der Waals surface area contributed by atoms with Gasteiger partial charge in [-0.15, -0.1) is 0 Å². The van der Waals surface area contributed by atoms with Crippen LogP contribution in [-0.4, -0.2) is 6.54 Å². The second-order valence-corrected chi connectivity index (χ2v) is 3.37. The zero-order valence-corrected chi connectivity index (χ0v) is 7.24. The molecule has 0 aromatic heterocycles. The van der Waals surface area contributed by atoms with E-state index in [0.717, 1.165) is 18.5 Å². The molecule has 1 atom stereocenters. The Bertz CT molecular complexity index is 297. The molecule has 1 nitrogen and oxygen atoms in total. The van der Waals surface area contributed by atoms with Crippen molar-refractivity contribution >= 4 is 11.6 Å². The van der Waals surface area contributed by atoms with E-state index < -0.39 is 0 Å². The fourth-order valence-electron chi connectivity index (χ4n) is 1.34. The summed E-state index contributed by atoms with van der Waals surface area (Å²) in [4.78, 5) is 0. The van der Waals surface area contributed by atoms with Crippen molar-refractivity contribution < 1.29 is 4.39 Å². The van der Waals surface area contributed by atoms with Crippen LogP contribution in [0, 0.1) is 5.82 Å². The lowest BCUT2D eigenvalue weighted by Crippen LogP contribution is -2.35. The summed E-state index contributed by atoms with van der Waals surface area (Å²) in [5, 5.41) is 3.83. The van der Waals surface area contributed by atoms with E-state index in [1.165, 1.54) is 12.1 Å². The van der Waals surface area contributed by atoms with Crippen molar-refractivity contribution in [1.82, 2.24) is 5.32 Å². The summed E-state index contributed by atoms with van der Waals surface area (Å²) >= 11 is 5.90. The molecular weight excluding hydrogens is 177 g/mol. The summed E-state index contributed by atoms with van der Waals surface area (Å²) in [5.74, 6) is -0.219. The van der Waals surface area contributed by atoms with E-state index in [4.69, 9.17) is 11.6 Å². The minimum Gasteiger partial charge on any atom is -0.310 e. The van der Waals surface area contributed by atoms with Gasteiger partial charge in [0.25, 0.3) is 0 Å². The molecule has 0 radical (unpaired) electrons. The summed E-state index contributed by atoms with van der Waals surface area (Å²) in [6.07, 6.45) is 1.04. The van der Waals surface area contributed by atoms with Crippen LogP contribution in [0.1, 0.15) is 18.0 Å². The van der Waals surface area contributed by atoms with Gasteiger partial charge in [-0.3, -0.25) is 0 Å². The molecule has 12 heavy (non-hydrogen) atoms. The molecule has 1 aromatic carbocycles. The molecule has 0 unspecified atom stereocenters. The molecule has 64 valence electrons. The Balaban J connectivity index is 2.34. The maximum Gasteiger partial charge on any atom is 0.123 e. The van der Waals surface area contributed by atoms with Crippen LogP contribution in [0.25, 0.3) is 0 Å². The Labute approximate surface area is 75.5 Å². The lowest BCUT2D eigenvalue weighted by atomic mass is 9.98. The summed E-state index contributed by atoms with van der Waals surface area (Å²) < 4.78 is 12.8. The topological polar surface area (TPSA) is 12.0 Å². The minimum atomic E-state index is -0.219. The second kappa shape index (κ2) is 3.04.